The second-order valence-electron chi connectivity index (χ2n) is 4.77. The summed E-state index contributed by atoms with van der Waals surface area (Å²) in [6.45, 7) is 1.89. The Morgan fingerprint density at radius 3 is 2.76 bits per heavy atom. The van der Waals surface area contributed by atoms with Crippen LogP contribution < -0.4 is 5.32 Å². The van der Waals surface area contributed by atoms with Gasteiger partial charge in [-0.3, -0.25) is 4.79 Å². The summed E-state index contributed by atoms with van der Waals surface area (Å²) in [5.41, 5.74) is 1.39. The number of amides is 1. The maximum absolute atomic E-state index is 11.7. The number of furan rings is 1. The zero-order valence-corrected chi connectivity index (χ0v) is 12.6. The second kappa shape index (κ2) is 7.29. The Balaban J connectivity index is 2.12. The molecule has 5 heteroatoms. The van der Waals surface area contributed by atoms with Crippen molar-refractivity contribution in [3.63, 3.8) is 0 Å². The van der Waals surface area contributed by atoms with Crippen molar-refractivity contribution in [1.29, 1.82) is 0 Å². The minimum Gasteiger partial charge on any atom is -0.459 e. The van der Waals surface area contributed by atoms with Crippen LogP contribution in [0, 0.1) is 0 Å². The van der Waals surface area contributed by atoms with Gasteiger partial charge < -0.3 is 14.8 Å². The Morgan fingerprint density at radius 1 is 1.33 bits per heavy atom. The number of carbonyl (C=O) groups excluding carboxylic acids is 1. The third-order valence-corrected chi connectivity index (χ3v) is 3.41. The minimum atomic E-state index is -0.150. The molecule has 112 valence electrons. The third-order valence-electron chi connectivity index (χ3n) is 3.09. The summed E-state index contributed by atoms with van der Waals surface area (Å²) < 4.78 is 5.45. The number of aliphatic hydroxyl groups excluding tert-OH is 1. The van der Waals surface area contributed by atoms with E-state index >= 15 is 0 Å². The zero-order chi connectivity index (χ0) is 15.2. The van der Waals surface area contributed by atoms with Crippen molar-refractivity contribution in [2.24, 2.45) is 0 Å². The molecule has 4 nitrogen and oxygen atoms in total. The van der Waals surface area contributed by atoms with Gasteiger partial charge >= 0.3 is 0 Å². The Morgan fingerprint density at radius 2 is 2.14 bits per heavy atom. The van der Waals surface area contributed by atoms with Crippen molar-refractivity contribution in [3.05, 3.63) is 41.1 Å². The van der Waals surface area contributed by atoms with Gasteiger partial charge in [-0.1, -0.05) is 24.9 Å². The summed E-state index contributed by atoms with van der Waals surface area (Å²) in [7, 11) is 0. The van der Waals surface area contributed by atoms with Crippen LogP contribution in [0.15, 0.2) is 34.7 Å². The van der Waals surface area contributed by atoms with Gasteiger partial charge in [0.05, 0.1) is 5.02 Å². The molecule has 1 heterocycles. The molecule has 0 aliphatic carbocycles. The molecule has 0 atom stereocenters. The van der Waals surface area contributed by atoms with Crippen molar-refractivity contribution in [2.45, 2.75) is 32.8 Å². The number of benzene rings is 1. The molecule has 2 N–H and O–H groups in total. The summed E-state index contributed by atoms with van der Waals surface area (Å²) in [5, 5.41) is 12.3. The highest BCUT2D eigenvalue weighted by Gasteiger charge is 2.10. The van der Waals surface area contributed by atoms with Crippen LogP contribution in [0.1, 0.15) is 31.9 Å². The molecule has 0 spiro atoms. The van der Waals surface area contributed by atoms with E-state index in [4.69, 9.17) is 21.1 Å². The Bertz CT molecular complexity index is 622. The van der Waals surface area contributed by atoms with Gasteiger partial charge in [0, 0.05) is 17.7 Å². The van der Waals surface area contributed by atoms with Crippen molar-refractivity contribution in [1.82, 2.24) is 0 Å². The lowest BCUT2D eigenvalue weighted by Crippen LogP contribution is -2.10. The molecule has 0 saturated carbocycles. The smallest absolute Gasteiger partial charge is 0.224 e. The van der Waals surface area contributed by atoms with E-state index < -0.39 is 0 Å². The molecule has 1 aromatic carbocycles. The zero-order valence-electron chi connectivity index (χ0n) is 11.9. The maximum atomic E-state index is 11.7. The fourth-order valence-corrected chi connectivity index (χ4v) is 2.23. The molecule has 1 aromatic heterocycles. The quantitative estimate of drug-likeness (QED) is 0.840. The van der Waals surface area contributed by atoms with E-state index in [1.165, 1.54) is 0 Å². The molecule has 0 bridgehead atoms. The molecule has 0 aliphatic rings. The van der Waals surface area contributed by atoms with E-state index in [9.17, 15) is 4.79 Å². The van der Waals surface area contributed by atoms with Gasteiger partial charge in [0.2, 0.25) is 5.91 Å². The first-order chi connectivity index (χ1) is 10.1. The highest BCUT2D eigenvalue weighted by atomic mass is 35.5. The molecule has 0 radical (unpaired) electrons. The first-order valence-electron chi connectivity index (χ1n) is 6.93. The SMILES string of the molecule is CCCCC(=O)Nc1ccc(-c2ccc(CO)o2)c(Cl)c1. The third kappa shape index (κ3) is 4.09. The van der Waals surface area contributed by atoms with Crippen LogP contribution >= 0.6 is 11.6 Å². The number of halogens is 1. The summed E-state index contributed by atoms with van der Waals surface area (Å²) >= 11 is 6.23. The number of nitrogens with one attached hydrogen (secondary N) is 1. The second-order valence-corrected chi connectivity index (χ2v) is 5.18. The summed E-state index contributed by atoms with van der Waals surface area (Å²) in [4.78, 5) is 11.7. The number of hydrogen-bond acceptors (Lipinski definition) is 3. The van der Waals surface area contributed by atoms with Crippen LogP contribution in [0.25, 0.3) is 11.3 Å². The van der Waals surface area contributed by atoms with Crippen LogP contribution in [-0.4, -0.2) is 11.0 Å². The maximum Gasteiger partial charge on any atom is 0.224 e. The fourth-order valence-electron chi connectivity index (χ4n) is 1.96. The lowest BCUT2D eigenvalue weighted by Gasteiger charge is -2.07. The standard InChI is InChI=1S/C16H18ClNO3/c1-2-3-4-16(20)18-11-5-7-13(14(17)9-11)15-8-6-12(10-19)21-15/h5-9,19H,2-4,10H2,1H3,(H,18,20). The number of unbranched alkanes of at least 4 members (excludes halogenated alkanes) is 1. The number of hydrogen-bond donors (Lipinski definition) is 2. The van der Waals surface area contributed by atoms with Crippen molar-refractivity contribution in [3.8, 4) is 11.3 Å². The summed E-state index contributed by atoms with van der Waals surface area (Å²) in [6.07, 6.45) is 2.36. The average Bonchev–Trinajstić information content (AvgIpc) is 2.94. The van der Waals surface area contributed by atoms with Crippen molar-refractivity contribution in [2.75, 3.05) is 5.32 Å². The number of rotatable bonds is 6. The predicted molar refractivity (Wildman–Crippen MR) is 83.2 cm³/mol. The Kier molecular flexibility index (Phi) is 5.42. The Labute approximate surface area is 128 Å². The van der Waals surface area contributed by atoms with E-state index in [2.05, 4.69) is 5.32 Å². The highest BCUT2D eigenvalue weighted by molar-refractivity contribution is 6.33. The molecule has 0 aliphatic heterocycles. The van der Waals surface area contributed by atoms with Gasteiger partial charge in [0.25, 0.3) is 0 Å². The van der Waals surface area contributed by atoms with Gasteiger partial charge in [-0.2, -0.15) is 0 Å². The van der Waals surface area contributed by atoms with Crippen molar-refractivity contribution >= 4 is 23.2 Å². The minimum absolute atomic E-state index is 0.0127. The summed E-state index contributed by atoms with van der Waals surface area (Å²) in [6, 6.07) is 8.73. The molecule has 2 aromatic rings. The molecule has 2 rings (SSSR count). The van der Waals surface area contributed by atoms with E-state index in [1.807, 2.05) is 6.92 Å². The van der Waals surface area contributed by atoms with Crippen molar-refractivity contribution < 1.29 is 14.3 Å². The van der Waals surface area contributed by atoms with E-state index in [0.717, 1.165) is 18.4 Å². The largest absolute Gasteiger partial charge is 0.459 e. The van der Waals surface area contributed by atoms with Gasteiger partial charge in [-0.25, -0.2) is 0 Å². The molecular weight excluding hydrogens is 290 g/mol. The number of carbonyl (C=O) groups is 1. The first-order valence-corrected chi connectivity index (χ1v) is 7.31. The van der Waals surface area contributed by atoms with Gasteiger partial charge in [-0.05, 0) is 36.8 Å². The lowest BCUT2D eigenvalue weighted by molar-refractivity contribution is -0.116. The lowest BCUT2D eigenvalue weighted by atomic mass is 10.1. The van der Waals surface area contributed by atoms with Gasteiger partial charge in [0.15, 0.2) is 0 Å². The molecule has 1 amide bonds. The average molecular weight is 308 g/mol. The van der Waals surface area contributed by atoms with Crippen LogP contribution in [0.5, 0.6) is 0 Å². The molecule has 0 saturated heterocycles. The highest BCUT2D eigenvalue weighted by Crippen LogP contribution is 2.31. The van der Waals surface area contributed by atoms with Crippen LogP contribution in [0.4, 0.5) is 5.69 Å². The van der Waals surface area contributed by atoms with Gasteiger partial charge in [0.1, 0.15) is 18.1 Å². The number of aliphatic hydroxyl groups is 1. The van der Waals surface area contributed by atoms with Crippen LogP contribution in [0.2, 0.25) is 5.02 Å². The van der Waals surface area contributed by atoms with E-state index in [-0.39, 0.29) is 12.5 Å². The molecule has 21 heavy (non-hydrogen) atoms. The molecule has 0 fully saturated rings. The van der Waals surface area contributed by atoms with Gasteiger partial charge in [-0.15, -0.1) is 0 Å². The van der Waals surface area contributed by atoms with Crippen LogP contribution in [0.3, 0.4) is 0 Å². The number of anilines is 1. The van der Waals surface area contributed by atoms with E-state index in [0.29, 0.717) is 28.7 Å². The summed E-state index contributed by atoms with van der Waals surface area (Å²) in [5.74, 6) is 1.06. The molecular formula is C16H18ClNO3. The molecule has 0 unspecified atom stereocenters. The fraction of sp³-hybridized carbons (Fsp3) is 0.312. The predicted octanol–water partition coefficient (Wildman–Crippen LogP) is 4.22. The monoisotopic (exact) mass is 307 g/mol. The van der Waals surface area contributed by atoms with Crippen LogP contribution in [-0.2, 0) is 11.4 Å². The first kappa shape index (κ1) is 15.6. The Hall–Kier alpha value is -1.78. The normalized spacial score (nSPS) is 10.6. The van der Waals surface area contributed by atoms with E-state index in [1.54, 1.807) is 30.3 Å². The topological polar surface area (TPSA) is 62.5 Å².